The highest BCUT2D eigenvalue weighted by Gasteiger charge is 2.13. The van der Waals surface area contributed by atoms with Crippen molar-refractivity contribution in [2.24, 2.45) is 5.73 Å². The first-order valence-corrected chi connectivity index (χ1v) is 9.82. The molecule has 0 spiro atoms. The lowest BCUT2D eigenvalue weighted by atomic mass is 9.98. The Labute approximate surface area is 170 Å². The topological polar surface area (TPSA) is 105 Å². The second-order valence-electron chi connectivity index (χ2n) is 7.02. The highest BCUT2D eigenvalue weighted by Crippen LogP contribution is 2.20. The monoisotopic (exact) mass is 397 g/mol. The molecule has 1 heterocycles. The fourth-order valence-corrected chi connectivity index (χ4v) is 3.40. The zero-order valence-corrected chi connectivity index (χ0v) is 16.4. The van der Waals surface area contributed by atoms with Crippen LogP contribution in [0.25, 0.3) is 0 Å². The Morgan fingerprint density at radius 3 is 2.45 bits per heavy atom. The van der Waals surface area contributed by atoms with Crippen LogP contribution in [0.1, 0.15) is 27.9 Å². The van der Waals surface area contributed by atoms with Gasteiger partial charge < -0.3 is 25.8 Å². The zero-order chi connectivity index (χ0) is 20.6. The van der Waals surface area contributed by atoms with Crippen molar-refractivity contribution in [3.63, 3.8) is 0 Å². The first kappa shape index (κ1) is 20.8. The van der Waals surface area contributed by atoms with Gasteiger partial charge in [-0.25, -0.2) is 0 Å². The molecule has 3 rings (SSSR count). The van der Waals surface area contributed by atoms with E-state index in [1.165, 1.54) is 0 Å². The molecule has 29 heavy (non-hydrogen) atoms. The average Bonchev–Trinajstić information content (AvgIpc) is 2.74. The van der Waals surface area contributed by atoms with E-state index >= 15 is 0 Å². The third kappa shape index (κ3) is 5.79. The Morgan fingerprint density at radius 2 is 1.79 bits per heavy atom. The molecule has 1 saturated heterocycles. The second-order valence-corrected chi connectivity index (χ2v) is 7.02. The predicted molar refractivity (Wildman–Crippen MR) is 112 cm³/mol. The molecule has 2 aromatic rings. The Balaban J connectivity index is 1.56. The maximum absolute atomic E-state index is 12.3. The van der Waals surface area contributed by atoms with Gasteiger partial charge in [0, 0.05) is 43.1 Å². The van der Waals surface area contributed by atoms with Gasteiger partial charge in [-0.05, 0) is 54.3 Å². The van der Waals surface area contributed by atoms with Gasteiger partial charge in [-0.1, -0.05) is 12.1 Å². The highest BCUT2D eigenvalue weighted by atomic mass is 16.5. The molecule has 0 aliphatic carbocycles. The number of aliphatic hydroxyl groups is 1. The van der Waals surface area contributed by atoms with Crippen LogP contribution in [-0.2, 0) is 22.4 Å². The van der Waals surface area contributed by atoms with Gasteiger partial charge in [0.25, 0.3) is 0 Å². The number of nitrogens with zero attached hydrogens (tertiary/aromatic N) is 1. The minimum absolute atomic E-state index is 0.00425. The van der Waals surface area contributed by atoms with E-state index in [1.807, 2.05) is 30.3 Å². The maximum Gasteiger partial charge on any atom is 0.248 e. The maximum atomic E-state index is 12.3. The summed E-state index contributed by atoms with van der Waals surface area (Å²) in [6.07, 6.45) is 1.11. The Bertz CT molecular complexity index is 846. The molecular weight excluding hydrogens is 370 g/mol. The number of rotatable bonds is 8. The average molecular weight is 397 g/mol. The van der Waals surface area contributed by atoms with Gasteiger partial charge in [-0.2, -0.15) is 0 Å². The van der Waals surface area contributed by atoms with E-state index in [4.69, 9.17) is 15.6 Å². The molecule has 0 radical (unpaired) electrons. The standard InChI is InChI=1S/C22H27N3O4/c23-22(28)20-15-16(9-12-26)1-2-17(20)3-8-21(27)24-18-4-6-19(7-5-18)25-10-13-29-14-11-25/h1-2,4-7,15,26H,3,8-14H2,(H2,23,28)(H,24,27). The summed E-state index contributed by atoms with van der Waals surface area (Å²) in [5.74, 6) is -0.655. The van der Waals surface area contributed by atoms with Crippen molar-refractivity contribution in [2.75, 3.05) is 43.1 Å². The third-order valence-electron chi connectivity index (χ3n) is 4.99. The molecule has 7 heteroatoms. The normalized spacial score (nSPS) is 13.9. The van der Waals surface area contributed by atoms with Gasteiger partial charge in [0.2, 0.25) is 11.8 Å². The number of ether oxygens (including phenoxy) is 1. The van der Waals surface area contributed by atoms with Crippen LogP contribution >= 0.6 is 0 Å². The van der Waals surface area contributed by atoms with E-state index in [2.05, 4.69) is 10.2 Å². The SMILES string of the molecule is NC(=O)c1cc(CCO)ccc1CCC(=O)Nc1ccc(N2CCOCC2)cc1. The van der Waals surface area contributed by atoms with E-state index in [0.717, 1.165) is 48.8 Å². The van der Waals surface area contributed by atoms with Crippen LogP contribution in [-0.4, -0.2) is 49.8 Å². The minimum atomic E-state index is -0.529. The van der Waals surface area contributed by atoms with Crippen molar-refractivity contribution >= 4 is 23.2 Å². The lowest BCUT2D eigenvalue weighted by molar-refractivity contribution is -0.116. The smallest absolute Gasteiger partial charge is 0.248 e. The van der Waals surface area contributed by atoms with E-state index in [0.29, 0.717) is 18.4 Å². The fraction of sp³-hybridized carbons (Fsp3) is 0.364. The second kappa shape index (κ2) is 10.0. The molecule has 2 aromatic carbocycles. The van der Waals surface area contributed by atoms with Crippen molar-refractivity contribution < 1.29 is 19.4 Å². The highest BCUT2D eigenvalue weighted by molar-refractivity contribution is 5.95. The largest absolute Gasteiger partial charge is 0.396 e. The van der Waals surface area contributed by atoms with Gasteiger partial charge in [0.15, 0.2) is 0 Å². The third-order valence-corrected chi connectivity index (χ3v) is 4.99. The molecule has 0 unspecified atom stereocenters. The summed E-state index contributed by atoms with van der Waals surface area (Å²) in [6, 6.07) is 13.1. The number of carbonyl (C=O) groups is 2. The number of aryl methyl sites for hydroxylation is 1. The Kier molecular flexibility index (Phi) is 7.21. The van der Waals surface area contributed by atoms with Gasteiger partial charge in [0.1, 0.15) is 0 Å². The zero-order valence-electron chi connectivity index (χ0n) is 16.4. The molecular formula is C22H27N3O4. The van der Waals surface area contributed by atoms with Crippen molar-refractivity contribution in [1.29, 1.82) is 0 Å². The van der Waals surface area contributed by atoms with Crippen LogP contribution < -0.4 is 16.0 Å². The first-order chi connectivity index (χ1) is 14.1. The number of morpholine rings is 1. The predicted octanol–water partition coefficient (Wildman–Crippen LogP) is 1.73. The van der Waals surface area contributed by atoms with E-state index < -0.39 is 5.91 Å². The molecule has 2 amide bonds. The van der Waals surface area contributed by atoms with Gasteiger partial charge in [-0.3, -0.25) is 9.59 Å². The molecule has 0 atom stereocenters. The van der Waals surface area contributed by atoms with Crippen LogP contribution in [0.15, 0.2) is 42.5 Å². The number of carbonyl (C=O) groups excluding carboxylic acids is 2. The Hall–Kier alpha value is -2.90. The number of benzene rings is 2. The molecule has 7 nitrogen and oxygen atoms in total. The minimum Gasteiger partial charge on any atom is -0.396 e. The van der Waals surface area contributed by atoms with Crippen molar-refractivity contribution in [3.8, 4) is 0 Å². The molecule has 0 aromatic heterocycles. The summed E-state index contributed by atoms with van der Waals surface area (Å²) in [5, 5.41) is 11.9. The number of amides is 2. The fourth-order valence-electron chi connectivity index (χ4n) is 3.40. The lowest BCUT2D eigenvalue weighted by Gasteiger charge is -2.28. The number of hydrogen-bond acceptors (Lipinski definition) is 5. The van der Waals surface area contributed by atoms with Crippen LogP contribution in [0, 0.1) is 0 Å². The van der Waals surface area contributed by atoms with Crippen LogP contribution in [0.5, 0.6) is 0 Å². The molecule has 1 aliphatic rings. The van der Waals surface area contributed by atoms with Gasteiger partial charge in [-0.15, -0.1) is 0 Å². The number of nitrogens with two attached hydrogens (primary N) is 1. The summed E-state index contributed by atoms with van der Waals surface area (Å²) in [6.45, 7) is 3.19. The number of aliphatic hydroxyl groups excluding tert-OH is 1. The summed E-state index contributed by atoms with van der Waals surface area (Å²) < 4.78 is 5.36. The molecule has 1 aliphatic heterocycles. The molecule has 154 valence electrons. The number of anilines is 2. The van der Waals surface area contributed by atoms with Crippen LogP contribution in [0.4, 0.5) is 11.4 Å². The van der Waals surface area contributed by atoms with Crippen molar-refractivity contribution in [3.05, 3.63) is 59.2 Å². The van der Waals surface area contributed by atoms with E-state index in [9.17, 15) is 9.59 Å². The van der Waals surface area contributed by atoms with E-state index in [-0.39, 0.29) is 18.9 Å². The first-order valence-electron chi connectivity index (χ1n) is 9.82. The van der Waals surface area contributed by atoms with Gasteiger partial charge in [0.05, 0.1) is 13.2 Å². The van der Waals surface area contributed by atoms with Crippen LogP contribution in [0.3, 0.4) is 0 Å². The van der Waals surface area contributed by atoms with E-state index in [1.54, 1.807) is 12.1 Å². The summed E-state index contributed by atoms with van der Waals surface area (Å²) >= 11 is 0. The summed E-state index contributed by atoms with van der Waals surface area (Å²) in [4.78, 5) is 26.3. The molecule has 4 N–H and O–H groups in total. The number of hydrogen-bond donors (Lipinski definition) is 3. The molecule has 0 saturated carbocycles. The van der Waals surface area contributed by atoms with Crippen molar-refractivity contribution in [2.45, 2.75) is 19.3 Å². The quantitative estimate of drug-likeness (QED) is 0.629. The Morgan fingerprint density at radius 1 is 1.07 bits per heavy atom. The van der Waals surface area contributed by atoms with Gasteiger partial charge >= 0.3 is 0 Å². The van der Waals surface area contributed by atoms with Crippen LogP contribution in [0.2, 0.25) is 0 Å². The molecule has 1 fully saturated rings. The number of nitrogens with one attached hydrogen (secondary N) is 1. The molecule has 0 bridgehead atoms. The summed E-state index contributed by atoms with van der Waals surface area (Å²) in [7, 11) is 0. The summed E-state index contributed by atoms with van der Waals surface area (Å²) in [5.41, 5.74) is 9.30. The lowest BCUT2D eigenvalue weighted by Crippen LogP contribution is -2.36. The number of primary amides is 1. The van der Waals surface area contributed by atoms with Crippen molar-refractivity contribution in [1.82, 2.24) is 0 Å².